The number of halogens is 2. The molecule has 1 amide bonds. The highest BCUT2D eigenvalue weighted by Gasteiger charge is 2.41. The molecule has 0 spiro atoms. The molecule has 144 valence electrons. The molecule has 0 bridgehead atoms. The fourth-order valence-corrected chi connectivity index (χ4v) is 3.09. The number of rotatable bonds is 2. The zero-order valence-electron chi connectivity index (χ0n) is 16.1. The summed E-state index contributed by atoms with van der Waals surface area (Å²) in [6.45, 7) is 9.79. The van der Waals surface area contributed by atoms with E-state index in [1.54, 1.807) is 31.7 Å². The minimum Gasteiger partial charge on any atom is -0.443 e. The Bertz CT molecular complexity index is 891. The number of aromatic nitrogens is 2. The quantitative estimate of drug-likeness (QED) is 0.782. The van der Waals surface area contributed by atoms with E-state index in [0.717, 1.165) is 6.07 Å². The lowest BCUT2D eigenvalue weighted by Gasteiger charge is -2.25. The summed E-state index contributed by atoms with van der Waals surface area (Å²) >= 11 is 0. The molecule has 0 radical (unpaired) electrons. The van der Waals surface area contributed by atoms with Crippen LogP contribution in [0.25, 0.3) is 0 Å². The van der Waals surface area contributed by atoms with Crippen LogP contribution in [0.3, 0.4) is 0 Å². The highest BCUT2D eigenvalue weighted by molar-refractivity contribution is 5.91. The number of hydrogen-bond donors (Lipinski definition) is 0. The van der Waals surface area contributed by atoms with Crippen LogP contribution in [0.5, 0.6) is 0 Å². The normalized spacial score (nSPS) is 15.6. The molecule has 0 saturated heterocycles. The van der Waals surface area contributed by atoms with Crippen molar-refractivity contribution in [1.29, 1.82) is 0 Å². The molecule has 0 N–H and O–H groups in total. The first-order chi connectivity index (χ1) is 12.5. The number of benzene rings is 1. The molecule has 5 nitrogen and oxygen atoms in total. The van der Waals surface area contributed by atoms with Crippen molar-refractivity contribution in [2.75, 3.05) is 11.4 Å². The van der Waals surface area contributed by atoms with Crippen molar-refractivity contribution in [3.8, 4) is 0 Å². The predicted molar refractivity (Wildman–Crippen MR) is 97.8 cm³/mol. The largest absolute Gasteiger partial charge is 0.443 e. The van der Waals surface area contributed by atoms with Crippen molar-refractivity contribution in [3.63, 3.8) is 0 Å². The van der Waals surface area contributed by atoms with Gasteiger partial charge < -0.3 is 4.74 Å². The summed E-state index contributed by atoms with van der Waals surface area (Å²) in [4.78, 5) is 14.2. The molecule has 7 heteroatoms. The molecule has 2 aromatic rings. The van der Waals surface area contributed by atoms with Crippen molar-refractivity contribution in [2.24, 2.45) is 0 Å². The number of amides is 1. The van der Waals surface area contributed by atoms with E-state index < -0.39 is 23.3 Å². The lowest BCUT2D eigenvalue weighted by molar-refractivity contribution is 0.0579. The Morgan fingerprint density at radius 3 is 2.56 bits per heavy atom. The number of fused-ring (bicyclic) bond motifs is 1. The lowest BCUT2D eigenvalue weighted by atomic mass is 9.91. The summed E-state index contributed by atoms with van der Waals surface area (Å²) in [7, 11) is 0. The molecule has 0 unspecified atom stereocenters. The van der Waals surface area contributed by atoms with Gasteiger partial charge in [0.15, 0.2) is 0 Å². The Morgan fingerprint density at radius 1 is 1.22 bits per heavy atom. The number of carbonyl (C=O) groups excluding carboxylic acids is 1. The molecular weight excluding hydrogens is 352 g/mol. The second-order valence-corrected chi connectivity index (χ2v) is 8.43. The number of carbonyl (C=O) groups is 1. The first kappa shape index (κ1) is 19.2. The molecule has 0 atom stereocenters. The monoisotopic (exact) mass is 375 g/mol. The van der Waals surface area contributed by atoms with Gasteiger partial charge in [0.25, 0.3) is 0 Å². The van der Waals surface area contributed by atoms with Crippen molar-refractivity contribution in [1.82, 2.24) is 10.2 Å². The topological polar surface area (TPSA) is 55.3 Å². The van der Waals surface area contributed by atoms with Crippen LogP contribution in [-0.4, -0.2) is 28.4 Å². The standard InChI is InChI=1S/C20H23F2N3O2/c1-19(2,3)27-18(26)25-11-20(4,5)17-16(25)10-14(23-24-17)8-12-6-7-13(21)9-15(12)22/h6-7,9-10H,8,11H2,1-5H3. The highest BCUT2D eigenvalue weighted by Crippen LogP contribution is 2.39. The minimum absolute atomic E-state index is 0.148. The zero-order valence-corrected chi connectivity index (χ0v) is 16.1. The Balaban J connectivity index is 1.93. The highest BCUT2D eigenvalue weighted by atomic mass is 19.1. The van der Waals surface area contributed by atoms with Crippen LogP contribution in [0.2, 0.25) is 0 Å². The summed E-state index contributed by atoms with van der Waals surface area (Å²) < 4.78 is 32.6. The van der Waals surface area contributed by atoms with Gasteiger partial charge in [-0.2, -0.15) is 10.2 Å². The van der Waals surface area contributed by atoms with Gasteiger partial charge in [-0.15, -0.1) is 0 Å². The van der Waals surface area contributed by atoms with Crippen LogP contribution in [0.4, 0.5) is 19.3 Å². The van der Waals surface area contributed by atoms with E-state index in [0.29, 0.717) is 29.2 Å². The SMILES string of the molecule is CC(C)(C)OC(=O)N1CC(C)(C)c2nnc(Cc3ccc(F)cc3F)cc21. The summed E-state index contributed by atoms with van der Waals surface area (Å²) in [6, 6.07) is 5.15. The van der Waals surface area contributed by atoms with Crippen LogP contribution in [0, 0.1) is 11.6 Å². The number of hydrogen-bond acceptors (Lipinski definition) is 4. The maximum absolute atomic E-state index is 14.0. The van der Waals surface area contributed by atoms with Gasteiger partial charge in [-0.25, -0.2) is 13.6 Å². The Labute approximate surface area is 157 Å². The molecule has 1 aliphatic rings. The van der Waals surface area contributed by atoms with E-state index in [1.807, 2.05) is 13.8 Å². The van der Waals surface area contributed by atoms with Crippen LogP contribution in [0.15, 0.2) is 24.3 Å². The van der Waals surface area contributed by atoms with Crippen LogP contribution in [0.1, 0.15) is 51.6 Å². The van der Waals surface area contributed by atoms with Gasteiger partial charge in [-0.3, -0.25) is 4.90 Å². The van der Waals surface area contributed by atoms with Gasteiger partial charge in [0.05, 0.1) is 17.1 Å². The zero-order chi connectivity index (χ0) is 20.0. The molecule has 1 aliphatic heterocycles. The van der Waals surface area contributed by atoms with E-state index >= 15 is 0 Å². The number of nitrogens with zero attached hydrogens (tertiary/aromatic N) is 3. The van der Waals surface area contributed by atoms with E-state index in [1.165, 1.54) is 12.1 Å². The molecule has 0 aliphatic carbocycles. The van der Waals surface area contributed by atoms with Gasteiger partial charge >= 0.3 is 6.09 Å². The fourth-order valence-electron chi connectivity index (χ4n) is 3.09. The molecule has 2 heterocycles. The Kier molecular flexibility index (Phi) is 4.66. The van der Waals surface area contributed by atoms with Gasteiger partial charge in [0.2, 0.25) is 0 Å². The second-order valence-electron chi connectivity index (χ2n) is 8.43. The molecule has 1 aromatic heterocycles. The van der Waals surface area contributed by atoms with Crippen LogP contribution in [-0.2, 0) is 16.6 Å². The van der Waals surface area contributed by atoms with Crippen LogP contribution >= 0.6 is 0 Å². The first-order valence-electron chi connectivity index (χ1n) is 8.78. The smallest absolute Gasteiger partial charge is 0.414 e. The van der Waals surface area contributed by atoms with Crippen molar-refractivity contribution >= 4 is 11.8 Å². The first-order valence-corrected chi connectivity index (χ1v) is 8.78. The average molecular weight is 375 g/mol. The third-order valence-electron chi connectivity index (χ3n) is 4.31. The molecule has 1 aromatic carbocycles. The molecule has 0 fully saturated rings. The molecule has 3 rings (SSSR count). The van der Waals surface area contributed by atoms with Crippen molar-refractivity contribution in [2.45, 2.75) is 52.1 Å². The average Bonchev–Trinajstić information content (AvgIpc) is 2.80. The summed E-state index contributed by atoms with van der Waals surface area (Å²) in [5, 5.41) is 8.47. The maximum Gasteiger partial charge on any atom is 0.414 e. The predicted octanol–water partition coefficient (Wildman–Crippen LogP) is 4.38. The van der Waals surface area contributed by atoms with Gasteiger partial charge in [0, 0.05) is 24.4 Å². The third kappa shape index (κ3) is 4.07. The molecule has 0 saturated carbocycles. The lowest BCUT2D eigenvalue weighted by Crippen LogP contribution is -2.38. The third-order valence-corrected chi connectivity index (χ3v) is 4.31. The number of anilines is 1. The summed E-state index contributed by atoms with van der Waals surface area (Å²) in [5.41, 5.74) is 1.11. The van der Waals surface area contributed by atoms with E-state index in [4.69, 9.17) is 4.74 Å². The van der Waals surface area contributed by atoms with E-state index in [-0.39, 0.29) is 11.8 Å². The minimum atomic E-state index is -0.637. The van der Waals surface area contributed by atoms with E-state index in [9.17, 15) is 13.6 Å². The Morgan fingerprint density at radius 2 is 1.93 bits per heavy atom. The fraction of sp³-hybridized carbons (Fsp3) is 0.450. The second kappa shape index (κ2) is 6.55. The van der Waals surface area contributed by atoms with Crippen molar-refractivity contribution < 1.29 is 18.3 Å². The van der Waals surface area contributed by atoms with Crippen molar-refractivity contribution in [3.05, 3.63) is 52.9 Å². The van der Waals surface area contributed by atoms with Crippen LogP contribution < -0.4 is 4.90 Å². The van der Waals surface area contributed by atoms with E-state index in [2.05, 4.69) is 10.2 Å². The summed E-state index contributed by atoms with van der Waals surface area (Å²) in [6.07, 6.45) is -0.309. The summed E-state index contributed by atoms with van der Waals surface area (Å²) in [5.74, 6) is -1.27. The Hall–Kier alpha value is -2.57. The number of ether oxygens (including phenoxy) is 1. The van der Waals surface area contributed by atoms with Gasteiger partial charge in [0.1, 0.15) is 17.2 Å². The molecule has 27 heavy (non-hydrogen) atoms. The van der Waals surface area contributed by atoms with Gasteiger partial charge in [-0.1, -0.05) is 19.9 Å². The van der Waals surface area contributed by atoms with Gasteiger partial charge in [-0.05, 0) is 38.5 Å². The maximum atomic E-state index is 14.0. The molecular formula is C20H23F2N3O2.